The molecule has 5 nitrogen and oxygen atoms in total. The third kappa shape index (κ3) is 2.91. The SMILES string of the molecule is CC(C)(C#N)N1CCN(C(=O)c2ccc(O)cc2)CC1. The standard InChI is InChI=1S/C15H19N3O2/c1-15(2,11-16)18-9-7-17(8-10-18)14(20)12-3-5-13(19)6-4-12/h3-6,19H,7-10H2,1-2H3. The number of piperazine rings is 1. The summed E-state index contributed by atoms with van der Waals surface area (Å²) in [4.78, 5) is 16.2. The zero-order valence-corrected chi connectivity index (χ0v) is 11.8. The van der Waals surface area contributed by atoms with Crippen molar-refractivity contribution in [1.29, 1.82) is 5.26 Å². The first-order valence-electron chi connectivity index (χ1n) is 6.68. The molecule has 0 atom stereocenters. The van der Waals surface area contributed by atoms with Gasteiger partial charge in [-0.15, -0.1) is 0 Å². The molecule has 0 saturated carbocycles. The summed E-state index contributed by atoms with van der Waals surface area (Å²) in [5, 5.41) is 18.4. The monoisotopic (exact) mass is 273 g/mol. The molecule has 0 unspecified atom stereocenters. The van der Waals surface area contributed by atoms with E-state index < -0.39 is 5.54 Å². The van der Waals surface area contributed by atoms with Crippen LogP contribution < -0.4 is 0 Å². The highest BCUT2D eigenvalue weighted by molar-refractivity contribution is 5.94. The van der Waals surface area contributed by atoms with E-state index in [2.05, 4.69) is 11.0 Å². The minimum absolute atomic E-state index is 0.0283. The van der Waals surface area contributed by atoms with E-state index in [-0.39, 0.29) is 11.7 Å². The number of hydrogen-bond acceptors (Lipinski definition) is 4. The molecule has 1 amide bonds. The molecule has 1 N–H and O–H groups in total. The second-order valence-electron chi connectivity index (χ2n) is 5.50. The normalized spacial score (nSPS) is 16.8. The minimum atomic E-state index is -0.492. The number of hydrogen-bond donors (Lipinski definition) is 1. The summed E-state index contributed by atoms with van der Waals surface area (Å²) < 4.78 is 0. The van der Waals surface area contributed by atoms with Crippen LogP contribution in [0.1, 0.15) is 24.2 Å². The van der Waals surface area contributed by atoms with Gasteiger partial charge < -0.3 is 10.0 Å². The molecule has 2 rings (SSSR count). The van der Waals surface area contributed by atoms with Crippen LogP contribution in [-0.2, 0) is 0 Å². The highest BCUT2D eigenvalue weighted by Gasteiger charge is 2.31. The summed E-state index contributed by atoms with van der Waals surface area (Å²) in [6.45, 7) is 6.42. The number of aromatic hydroxyl groups is 1. The second-order valence-corrected chi connectivity index (χ2v) is 5.50. The molecule has 0 radical (unpaired) electrons. The highest BCUT2D eigenvalue weighted by atomic mass is 16.3. The number of benzene rings is 1. The first-order chi connectivity index (χ1) is 9.44. The van der Waals surface area contributed by atoms with Gasteiger partial charge in [0.05, 0.1) is 6.07 Å². The van der Waals surface area contributed by atoms with Crippen molar-refractivity contribution in [3.8, 4) is 11.8 Å². The summed E-state index contributed by atoms with van der Waals surface area (Å²) in [5.41, 5.74) is 0.0871. The largest absolute Gasteiger partial charge is 0.508 e. The van der Waals surface area contributed by atoms with Gasteiger partial charge in [-0.3, -0.25) is 9.69 Å². The second kappa shape index (κ2) is 5.51. The van der Waals surface area contributed by atoms with Gasteiger partial charge in [0.1, 0.15) is 11.3 Å². The Bertz CT molecular complexity index is 523. The number of phenolic OH excluding ortho intramolecular Hbond substituents is 1. The molecule has 1 aromatic carbocycles. The molecule has 5 heteroatoms. The molecule has 106 valence electrons. The lowest BCUT2D eigenvalue weighted by Gasteiger charge is -2.40. The number of carbonyl (C=O) groups is 1. The van der Waals surface area contributed by atoms with Crippen LogP contribution >= 0.6 is 0 Å². The van der Waals surface area contributed by atoms with Crippen LogP contribution in [0.25, 0.3) is 0 Å². The van der Waals surface area contributed by atoms with Crippen molar-refractivity contribution in [2.45, 2.75) is 19.4 Å². The molecule has 0 aromatic heterocycles. The van der Waals surface area contributed by atoms with Crippen molar-refractivity contribution in [2.24, 2.45) is 0 Å². The molecule has 0 spiro atoms. The van der Waals surface area contributed by atoms with Crippen LogP contribution in [0, 0.1) is 11.3 Å². The van der Waals surface area contributed by atoms with E-state index in [0.717, 1.165) is 0 Å². The van der Waals surface area contributed by atoms with Crippen molar-refractivity contribution in [3.63, 3.8) is 0 Å². The lowest BCUT2D eigenvalue weighted by molar-refractivity contribution is 0.0521. The third-order valence-corrected chi connectivity index (χ3v) is 3.75. The molecule has 1 fully saturated rings. The summed E-state index contributed by atoms with van der Waals surface area (Å²) in [5.74, 6) is 0.126. The van der Waals surface area contributed by atoms with Gasteiger partial charge in [0.15, 0.2) is 0 Å². The van der Waals surface area contributed by atoms with E-state index in [1.807, 2.05) is 13.8 Å². The molecule has 1 aliphatic heterocycles. The molecule has 1 aliphatic rings. The number of phenols is 1. The quantitative estimate of drug-likeness (QED) is 0.885. The Morgan fingerprint density at radius 2 is 1.75 bits per heavy atom. The van der Waals surface area contributed by atoms with Crippen molar-refractivity contribution in [2.75, 3.05) is 26.2 Å². The predicted molar refractivity (Wildman–Crippen MR) is 75.3 cm³/mol. The van der Waals surface area contributed by atoms with Crippen LogP contribution in [0.5, 0.6) is 5.75 Å². The van der Waals surface area contributed by atoms with Gasteiger partial charge in [0, 0.05) is 31.7 Å². The Kier molecular flexibility index (Phi) is 3.96. The lowest BCUT2D eigenvalue weighted by atomic mass is 10.0. The molecule has 1 aromatic rings. The molecule has 20 heavy (non-hydrogen) atoms. The maximum atomic E-state index is 12.3. The van der Waals surface area contributed by atoms with Crippen molar-refractivity contribution in [3.05, 3.63) is 29.8 Å². The van der Waals surface area contributed by atoms with Gasteiger partial charge >= 0.3 is 0 Å². The molecule has 0 bridgehead atoms. The first-order valence-corrected chi connectivity index (χ1v) is 6.68. The van der Waals surface area contributed by atoms with Gasteiger partial charge in [-0.05, 0) is 38.1 Å². The highest BCUT2D eigenvalue weighted by Crippen LogP contribution is 2.18. The van der Waals surface area contributed by atoms with Crippen molar-refractivity contribution >= 4 is 5.91 Å². The van der Waals surface area contributed by atoms with E-state index >= 15 is 0 Å². The van der Waals surface area contributed by atoms with Gasteiger partial charge in [0.25, 0.3) is 5.91 Å². The van der Waals surface area contributed by atoms with Crippen LogP contribution in [0.4, 0.5) is 0 Å². The maximum absolute atomic E-state index is 12.3. The Hall–Kier alpha value is -2.06. The Morgan fingerprint density at radius 3 is 2.25 bits per heavy atom. The maximum Gasteiger partial charge on any atom is 0.253 e. The van der Waals surface area contributed by atoms with Gasteiger partial charge in [0.2, 0.25) is 0 Å². The number of rotatable bonds is 2. The average Bonchev–Trinajstić information content (AvgIpc) is 2.47. The fourth-order valence-corrected chi connectivity index (χ4v) is 2.33. The fourth-order valence-electron chi connectivity index (χ4n) is 2.33. The zero-order valence-electron chi connectivity index (χ0n) is 11.8. The first kappa shape index (κ1) is 14.4. The van der Waals surface area contributed by atoms with E-state index in [0.29, 0.717) is 31.7 Å². The topological polar surface area (TPSA) is 67.6 Å². The van der Waals surface area contributed by atoms with Crippen LogP contribution in [0.15, 0.2) is 24.3 Å². The number of nitrogens with zero attached hydrogens (tertiary/aromatic N) is 3. The summed E-state index contributed by atoms with van der Waals surface area (Å²) in [7, 11) is 0. The molecule has 0 aliphatic carbocycles. The minimum Gasteiger partial charge on any atom is -0.508 e. The van der Waals surface area contributed by atoms with E-state index in [9.17, 15) is 9.90 Å². The molecular formula is C15H19N3O2. The number of amides is 1. The van der Waals surface area contributed by atoms with E-state index in [4.69, 9.17) is 5.26 Å². The van der Waals surface area contributed by atoms with Crippen LogP contribution in [0.3, 0.4) is 0 Å². The zero-order chi connectivity index (χ0) is 14.8. The molecular weight excluding hydrogens is 254 g/mol. The van der Waals surface area contributed by atoms with Crippen LogP contribution in [0.2, 0.25) is 0 Å². The van der Waals surface area contributed by atoms with E-state index in [1.54, 1.807) is 17.0 Å². The fraction of sp³-hybridized carbons (Fsp3) is 0.467. The van der Waals surface area contributed by atoms with E-state index in [1.165, 1.54) is 12.1 Å². The van der Waals surface area contributed by atoms with Gasteiger partial charge in [-0.2, -0.15) is 5.26 Å². The number of nitriles is 1. The van der Waals surface area contributed by atoms with Crippen molar-refractivity contribution in [1.82, 2.24) is 9.80 Å². The molecule has 1 heterocycles. The predicted octanol–water partition coefficient (Wildman–Crippen LogP) is 1.45. The molecule has 1 saturated heterocycles. The summed E-state index contributed by atoms with van der Waals surface area (Å²) >= 11 is 0. The van der Waals surface area contributed by atoms with Crippen molar-refractivity contribution < 1.29 is 9.90 Å². The summed E-state index contributed by atoms with van der Waals surface area (Å²) in [6.07, 6.45) is 0. The lowest BCUT2D eigenvalue weighted by Crippen LogP contribution is -2.55. The Morgan fingerprint density at radius 1 is 1.20 bits per heavy atom. The Balaban J connectivity index is 1.99. The van der Waals surface area contributed by atoms with Crippen LogP contribution in [-0.4, -0.2) is 52.5 Å². The third-order valence-electron chi connectivity index (χ3n) is 3.75. The Labute approximate surface area is 119 Å². The number of carbonyl (C=O) groups excluding carboxylic acids is 1. The average molecular weight is 273 g/mol. The summed E-state index contributed by atoms with van der Waals surface area (Å²) in [6, 6.07) is 8.58. The van der Waals surface area contributed by atoms with Gasteiger partial charge in [-0.25, -0.2) is 0 Å². The van der Waals surface area contributed by atoms with Gasteiger partial charge in [-0.1, -0.05) is 0 Å². The smallest absolute Gasteiger partial charge is 0.253 e.